The van der Waals surface area contributed by atoms with Crippen molar-refractivity contribution in [2.45, 2.75) is 148 Å². The monoisotopic (exact) mass is 490 g/mol. The molecule has 0 amide bonds. The molecular formula is C24H54O4Si3. The molecule has 4 atom stereocenters. The Hall–Kier alpha value is 0.491. The summed E-state index contributed by atoms with van der Waals surface area (Å²) in [4.78, 5) is 0. The zero-order valence-corrected chi connectivity index (χ0v) is 26.6. The summed E-state index contributed by atoms with van der Waals surface area (Å²) in [6.07, 6.45) is -0.234. The molecule has 0 N–H and O–H groups in total. The minimum Gasteiger partial charge on any atom is -0.414 e. The predicted molar refractivity (Wildman–Crippen MR) is 142 cm³/mol. The van der Waals surface area contributed by atoms with Crippen molar-refractivity contribution in [3.05, 3.63) is 0 Å². The van der Waals surface area contributed by atoms with E-state index in [0.29, 0.717) is 6.61 Å². The molecule has 0 aromatic carbocycles. The van der Waals surface area contributed by atoms with Crippen LogP contribution in [-0.2, 0) is 18.0 Å². The average Bonchev–Trinajstić information content (AvgIpc) is 2.77. The molecule has 0 aromatic heterocycles. The first-order chi connectivity index (χ1) is 13.4. The largest absolute Gasteiger partial charge is 0.414 e. The average molecular weight is 491 g/mol. The van der Waals surface area contributed by atoms with Crippen LogP contribution < -0.4 is 0 Å². The lowest BCUT2D eigenvalue weighted by Crippen LogP contribution is -2.54. The van der Waals surface area contributed by atoms with Crippen LogP contribution in [0.3, 0.4) is 0 Å². The van der Waals surface area contributed by atoms with Gasteiger partial charge in [-0.05, 0) is 61.3 Å². The molecule has 31 heavy (non-hydrogen) atoms. The number of ether oxygens (including phenoxy) is 1. The Bertz CT molecular complexity index is 597. The van der Waals surface area contributed by atoms with Crippen molar-refractivity contribution in [2.75, 3.05) is 6.61 Å². The van der Waals surface area contributed by atoms with Crippen molar-refractivity contribution >= 4 is 25.0 Å². The fourth-order valence-corrected chi connectivity index (χ4v) is 6.58. The number of rotatable bonds is 7. The van der Waals surface area contributed by atoms with Crippen LogP contribution in [0.25, 0.3) is 0 Å². The lowest BCUT2D eigenvalue weighted by atomic mass is 10.1. The highest BCUT2D eigenvalue weighted by Gasteiger charge is 2.53. The van der Waals surface area contributed by atoms with Crippen molar-refractivity contribution < 1.29 is 18.0 Å². The van der Waals surface area contributed by atoms with Crippen LogP contribution in [-0.4, -0.2) is 56.0 Å². The molecule has 1 heterocycles. The zero-order valence-electron chi connectivity index (χ0n) is 23.6. The molecule has 7 heteroatoms. The summed E-state index contributed by atoms with van der Waals surface area (Å²) < 4.78 is 27.1. The van der Waals surface area contributed by atoms with E-state index < -0.39 is 25.0 Å². The van der Waals surface area contributed by atoms with Gasteiger partial charge in [-0.15, -0.1) is 0 Å². The molecule has 0 saturated carbocycles. The Labute approximate surface area is 197 Å². The van der Waals surface area contributed by atoms with Gasteiger partial charge >= 0.3 is 0 Å². The second-order valence-corrected chi connectivity index (χ2v) is 28.5. The van der Waals surface area contributed by atoms with Gasteiger partial charge in [0.1, 0.15) is 12.2 Å². The fourth-order valence-electron chi connectivity index (χ4n) is 2.89. The van der Waals surface area contributed by atoms with Crippen molar-refractivity contribution in [1.29, 1.82) is 0 Å². The van der Waals surface area contributed by atoms with Gasteiger partial charge in [-0.1, -0.05) is 62.3 Å². The predicted octanol–water partition coefficient (Wildman–Crippen LogP) is 7.58. The molecular weight excluding hydrogens is 437 g/mol. The van der Waals surface area contributed by atoms with E-state index in [-0.39, 0.29) is 39.5 Å². The summed E-state index contributed by atoms with van der Waals surface area (Å²) in [6, 6.07) is 0. The van der Waals surface area contributed by atoms with E-state index in [1.165, 1.54) is 0 Å². The van der Waals surface area contributed by atoms with Gasteiger partial charge in [-0.25, -0.2) is 0 Å². The highest BCUT2D eigenvalue weighted by molar-refractivity contribution is 6.75. The number of hydrogen-bond acceptors (Lipinski definition) is 4. The van der Waals surface area contributed by atoms with Gasteiger partial charge in [-0.3, -0.25) is 0 Å². The first kappa shape index (κ1) is 29.5. The molecule has 1 saturated heterocycles. The lowest BCUT2D eigenvalue weighted by molar-refractivity contribution is -0.0107. The molecule has 0 aromatic rings. The van der Waals surface area contributed by atoms with E-state index in [2.05, 4.69) is 109 Å². The van der Waals surface area contributed by atoms with Crippen molar-refractivity contribution in [2.24, 2.45) is 0 Å². The fraction of sp³-hybridized carbons (Fsp3) is 1.00. The van der Waals surface area contributed by atoms with E-state index >= 15 is 0 Å². The SMILES string of the molecule is C[C@@H]1O[C@H](CO[Si](C)(C)C(C)(C)C)[C@@H](O[Si](C)(C)C(C)(C)C)[C@@H]1O[Si](C)(C)C(C)(C)C. The highest BCUT2D eigenvalue weighted by Crippen LogP contribution is 2.44. The Balaban J connectivity index is 3.22. The molecule has 0 aliphatic carbocycles. The topological polar surface area (TPSA) is 36.9 Å². The quantitative estimate of drug-likeness (QED) is 0.345. The molecule has 4 nitrogen and oxygen atoms in total. The molecule has 0 unspecified atom stereocenters. The van der Waals surface area contributed by atoms with E-state index in [9.17, 15) is 0 Å². The maximum Gasteiger partial charge on any atom is 0.192 e. The summed E-state index contributed by atoms with van der Waals surface area (Å²) in [5, 5.41) is 0.444. The minimum atomic E-state index is -2.00. The van der Waals surface area contributed by atoms with Gasteiger partial charge in [-0.2, -0.15) is 0 Å². The second-order valence-electron chi connectivity index (χ2n) is 14.1. The smallest absolute Gasteiger partial charge is 0.192 e. The lowest BCUT2D eigenvalue weighted by Gasteiger charge is -2.44. The normalized spacial score (nSPS) is 27.1. The molecule has 0 spiro atoms. The van der Waals surface area contributed by atoms with Crippen molar-refractivity contribution in [3.8, 4) is 0 Å². The maximum atomic E-state index is 7.01. The first-order valence-corrected chi connectivity index (χ1v) is 20.8. The molecule has 186 valence electrons. The number of hydrogen-bond donors (Lipinski definition) is 0. The first-order valence-electron chi connectivity index (χ1n) is 12.1. The molecule has 1 rings (SSSR count). The third kappa shape index (κ3) is 6.99. The van der Waals surface area contributed by atoms with Crippen molar-refractivity contribution in [1.82, 2.24) is 0 Å². The Kier molecular flexibility index (Phi) is 8.83. The Morgan fingerprint density at radius 3 is 1.32 bits per heavy atom. The van der Waals surface area contributed by atoms with E-state index in [1.807, 2.05) is 0 Å². The summed E-state index contributed by atoms with van der Waals surface area (Å²) in [5.74, 6) is 0. The summed E-state index contributed by atoms with van der Waals surface area (Å²) in [5.41, 5.74) is 0. The van der Waals surface area contributed by atoms with Gasteiger partial charge < -0.3 is 18.0 Å². The van der Waals surface area contributed by atoms with Crippen molar-refractivity contribution in [3.63, 3.8) is 0 Å². The van der Waals surface area contributed by atoms with Crippen LogP contribution >= 0.6 is 0 Å². The van der Waals surface area contributed by atoms with Gasteiger partial charge in [0.05, 0.1) is 18.8 Å². The molecule has 0 bridgehead atoms. The second kappa shape index (κ2) is 9.27. The molecule has 0 radical (unpaired) electrons. The summed E-state index contributed by atoms with van der Waals surface area (Å²) in [7, 11) is -5.85. The van der Waals surface area contributed by atoms with E-state index in [4.69, 9.17) is 18.0 Å². The van der Waals surface area contributed by atoms with Crippen LogP contribution in [0.15, 0.2) is 0 Å². The van der Waals surface area contributed by atoms with E-state index in [0.717, 1.165) is 0 Å². The van der Waals surface area contributed by atoms with Gasteiger partial charge in [0.2, 0.25) is 0 Å². The van der Waals surface area contributed by atoms with Crippen LogP contribution in [0, 0.1) is 0 Å². The zero-order chi connectivity index (χ0) is 24.8. The van der Waals surface area contributed by atoms with Gasteiger partial charge in [0.15, 0.2) is 25.0 Å². The summed E-state index contributed by atoms with van der Waals surface area (Å²) >= 11 is 0. The van der Waals surface area contributed by atoms with Gasteiger partial charge in [0, 0.05) is 0 Å². The maximum absolute atomic E-state index is 7.01. The Morgan fingerprint density at radius 1 is 0.613 bits per heavy atom. The third-order valence-corrected chi connectivity index (χ3v) is 21.9. The van der Waals surface area contributed by atoms with Crippen LogP contribution in [0.1, 0.15) is 69.2 Å². The summed E-state index contributed by atoms with van der Waals surface area (Å²) in [6.45, 7) is 37.2. The van der Waals surface area contributed by atoms with Crippen LogP contribution in [0.4, 0.5) is 0 Å². The minimum absolute atomic E-state index is 0.00286. The third-order valence-electron chi connectivity index (χ3n) is 8.43. The van der Waals surface area contributed by atoms with Crippen LogP contribution in [0.5, 0.6) is 0 Å². The highest BCUT2D eigenvalue weighted by atomic mass is 28.4. The van der Waals surface area contributed by atoms with E-state index in [1.54, 1.807) is 0 Å². The molecule has 1 aliphatic heterocycles. The Morgan fingerprint density at radius 2 is 0.968 bits per heavy atom. The molecule has 1 fully saturated rings. The van der Waals surface area contributed by atoms with Gasteiger partial charge in [0.25, 0.3) is 0 Å². The van der Waals surface area contributed by atoms with Crippen LogP contribution in [0.2, 0.25) is 54.4 Å². The molecule has 1 aliphatic rings. The standard InChI is InChI=1S/C24H54O4Si3/c1-18-20(27-30(13,14)23(5,6)7)21(28-31(15,16)24(8,9)10)19(26-18)17-25-29(11,12)22(2,3)4/h18-21H,17H2,1-16H3/t18-,19+,20+,21+/m0/s1.